The molecule has 2 aromatic rings. The monoisotopic (exact) mass is 393 g/mol. The van der Waals surface area contributed by atoms with Crippen LogP contribution in [0.5, 0.6) is 0 Å². The zero-order valence-corrected chi connectivity index (χ0v) is 18.4. The van der Waals surface area contributed by atoms with Gasteiger partial charge in [-0.3, -0.25) is 4.90 Å². The topological polar surface area (TPSA) is 39.6 Å². The molecule has 0 atom stereocenters. The van der Waals surface area contributed by atoms with Gasteiger partial charge in [0.05, 0.1) is 12.3 Å². The van der Waals surface area contributed by atoms with Crippen LogP contribution < -0.4 is 4.90 Å². The molecule has 0 spiro atoms. The maximum Gasteiger partial charge on any atom is 0.129 e. The molecule has 1 N–H and O–H groups in total. The SMILES string of the molecule is CC1(C)CCC(C)(C)c2cc(-c3cccc(N4CCN(CCO)CC4)n3)ccc21. The number of anilines is 1. The van der Waals surface area contributed by atoms with E-state index in [4.69, 9.17) is 10.1 Å². The Morgan fingerprint density at radius 1 is 0.897 bits per heavy atom. The van der Waals surface area contributed by atoms with Gasteiger partial charge in [0.1, 0.15) is 5.82 Å². The molecule has 1 aromatic heterocycles. The number of rotatable bonds is 4. The van der Waals surface area contributed by atoms with Crippen molar-refractivity contribution >= 4 is 5.82 Å². The second kappa shape index (κ2) is 7.73. The molecule has 2 heterocycles. The van der Waals surface area contributed by atoms with Crippen molar-refractivity contribution in [3.8, 4) is 11.3 Å². The Labute approximate surface area is 175 Å². The molecule has 1 aromatic carbocycles. The Bertz CT molecular complexity index is 866. The number of aromatic nitrogens is 1. The van der Waals surface area contributed by atoms with Gasteiger partial charge in [0.25, 0.3) is 0 Å². The summed E-state index contributed by atoms with van der Waals surface area (Å²) in [7, 11) is 0. The summed E-state index contributed by atoms with van der Waals surface area (Å²) in [5, 5.41) is 9.15. The molecule has 1 aliphatic heterocycles. The van der Waals surface area contributed by atoms with E-state index in [1.54, 1.807) is 0 Å². The molecular weight excluding hydrogens is 358 g/mol. The number of piperazine rings is 1. The van der Waals surface area contributed by atoms with Gasteiger partial charge in [-0.1, -0.05) is 45.9 Å². The summed E-state index contributed by atoms with van der Waals surface area (Å²) < 4.78 is 0. The second-order valence-electron chi connectivity index (χ2n) is 9.96. The van der Waals surface area contributed by atoms with E-state index in [2.05, 4.69) is 73.9 Å². The van der Waals surface area contributed by atoms with E-state index in [0.717, 1.165) is 44.2 Å². The molecule has 4 nitrogen and oxygen atoms in total. The lowest BCUT2D eigenvalue weighted by molar-refractivity contribution is 0.188. The highest BCUT2D eigenvalue weighted by atomic mass is 16.3. The number of pyridine rings is 1. The van der Waals surface area contributed by atoms with Crippen molar-refractivity contribution in [2.24, 2.45) is 0 Å². The van der Waals surface area contributed by atoms with Gasteiger partial charge >= 0.3 is 0 Å². The predicted molar refractivity (Wildman–Crippen MR) is 121 cm³/mol. The third-order valence-corrected chi connectivity index (χ3v) is 7.00. The van der Waals surface area contributed by atoms with E-state index in [9.17, 15) is 0 Å². The quantitative estimate of drug-likeness (QED) is 0.845. The molecule has 2 aliphatic rings. The minimum Gasteiger partial charge on any atom is -0.395 e. The number of β-amino-alcohol motifs (C(OH)–C–C–N with tert-alkyl or cyclic N) is 1. The largest absolute Gasteiger partial charge is 0.395 e. The van der Waals surface area contributed by atoms with Gasteiger partial charge in [0, 0.05) is 38.3 Å². The number of fused-ring (bicyclic) bond motifs is 1. The number of hydrogen-bond donors (Lipinski definition) is 1. The van der Waals surface area contributed by atoms with Crippen molar-refractivity contribution in [1.82, 2.24) is 9.88 Å². The number of hydrogen-bond acceptors (Lipinski definition) is 4. The van der Waals surface area contributed by atoms with Crippen molar-refractivity contribution in [3.05, 3.63) is 47.5 Å². The van der Waals surface area contributed by atoms with E-state index >= 15 is 0 Å². The van der Waals surface area contributed by atoms with Gasteiger partial charge in [-0.05, 0) is 53.0 Å². The van der Waals surface area contributed by atoms with Crippen LogP contribution in [0.3, 0.4) is 0 Å². The van der Waals surface area contributed by atoms with Crippen molar-refractivity contribution < 1.29 is 5.11 Å². The average Bonchev–Trinajstić information content (AvgIpc) is 2.72. The lowest BCUT2D eigenvalue weighted by Gasteiger charge is -2.42. The van der Waals surface area contributed by atoms with E-state index < -0.39 is 0 Å². The molecule has 4 rings (SSSR count). The lowest BCUT2D eigenvalue weighted by Crippen LogP contribution is -2.47. The van der Waals surface area contributed by atoms with Gasteiger partial charge in [-0.2, -0.15) is 0 Å². The Morgan fingerprint density at radius 2 is 1.59 bits per heavy atom. The summed E-state index contributed by atoms with van der Waals surface area (Å²) in [5.74, 6) is 1.06. The smallest absolute Gasteiger partial charge is 0.129 e. The number of nitrogens with zero attached hydrogens (tertiary/aromatic N) is 3. The van der Waals surface area contributed by atoms with Gasteiger partial charge < -0.3 is 10.0 Å². The number of aliphatic hydroxyl groups excluding tert-OH is 1. The van der Waals surface area contributed by atoms with Crippen LogP contribution in [0, 0.1) is 0 Å². The van der Waals surface area contributed by atoms with Gasteiger partial charge in [-0.15, -0.1) is 0 Å². The Hall–Kier alpha value is -1.91. The molecule has 156 valence electrons. The maximum atomic E-state index is 9.15. The van der Waals surface area contributed by atoms with Gasteiger partial charge in [-0.25, -0.2) is 4.98 Å². The van der Waals surface area contributed by atoms with Crippen LogP contribution >= 0.6 is 0 Å². The van der Waals surface area contributed by atoms with Crippen LogP contribution in [0.4, 0.5) is 5.82 Å². The molecule has 1 aliphatic carbocycles. The minimum atomic E-state index is 0.210. The zero-order valence-electron chi connectivity index (χ0n) is 18.4. The predicted octanol–water partition coefficient (Wildman–Crippen LogP) is 4.21. The molecule has 29 heavy (non-hydrogen) atoms. The van der Waals surface area contributed by atoms with Crippen LogP contribution in [0.2, 0.25) is 0 Å². The molecule has 0 saturated carbocycles. The van der Waals surface area contributed by atoms with Crippen LogP contribution in [0.1, 0.15) is 51.7 Å². The standard InChI is InChI=1S/C25H35N3O/c1-24(2)10-11-25(3,4)21-18-19(8-9-20(21)24)22-6-5-7-23(26-22)28-14-12-27(13-15-28)16-17-29/h5-9,18,29H,10-17H2,1-4H3. The Morgan fingerprint density at radius 3 is 2.28 bits per heavy atom. The maximum absolute atomic E-state index is 9.15. The molecule has 0 unspecified atom stereocenters. The van der Waals surface area contributed by atoms with E-state index in [1.807, 2.05) is 0 Å². The molecule has 1 saturated heterocycles. The zero-order chi connectivity index (χ0) is 20.6. The Kier molecular flexibility index (Phi) is 5.43. The summed E-state index contributed by atoms with van der Waals surface area (Å²) in [4.78, 5) is 9.71. The summed E-state index contributed by atoms with van der Waals surface area (Å²) in [6.45, 7) is 14.4. The first-order chi connectivity index (χ1) is 13.8. The first-order valence-electron chi connectivity index (χ1n) is 11.0. The molecule has 0 bridgehead atoms. The minimum absolute atomic E-state index is 0.210. The number of aliphatic hydroxyl groups is 1. The van der Waals surface area contributed by atoms with E-state index in [1.165, 1.54) is 29.5 Å². The Balaban J connectivity index is 1.61. The van der Waals surface area contributed by atoms with Crippen LogP contribution in [-0.4, -0.2) is 54.3 Å². The van der Waals surface area contributed by atoms with Crippen molar-refractivity contribution in [3.63, 3.8) is 0 Å². The highest BCUT2D eigenvalue weighted by Gasteiger charge is 2.37. The molecule has 1 fully saturated rings. The normalized spacial score (nSPS) is 21.1. The summed E-state index contributed by atoms with van der Waals surface area (Å²) in [6.07, 6.45) is 2.46. The van der Waals surface area contributed by atoms with Gasteiger partial charge in [0.2, 0.25) is 0 Å². The highest BCUT2D eigenvalue weighted by molar-refractivity contribution is 5.65. The fourth-order valence-corrected chi connectivity index (χ4v) is 4.85. The molecule has 4 heteroatoms. The lowest BCUT2D eigenvalue weighted by atomic mass is 9.63. The van der Waals surface area contributed by atoms with Crippen molar-refractivity contribution in [2.75, 3.05) is 44.2 Å². The summed E-state index contributed by atoms with van der Waals surface area (Å²) in [5.41, 5.74) is 5.70. The first kappa shape index (κ1) is 20.4. The fourth-order valence-electron chi connectivity index (χ4n) is 4.85. The first-order valence-corrected chi connectivity index (χ1v) is 11.0. The van der Waals surface area contributed by atoms with Crippen molar-refractivity contribution in [1.29, 1.82) is 0 Å². The van der Waals surface area contributed by atoms with Crippen LogP contribution in [-0.2, 0) is 10.8 Å². The molecule has 0 amide bonds. The second-order valence-corrected chi connectivity index (χ2v) is 9.96. The molecule has 0 radical (unpaired) electrons. The van der Waals surface area contributed by atoms with Crippen LogP contribution in [0.15, 0.2) is 36.4 Å². The average molecular weight is 394 g/mol. The van der Waals surface area contributed by atoms with Crippen molar-refractivity contribution in [2.45, 2.75) is 51.4 Å². The third kappa shape index (κ3) is 4.06. The van der Waals surface area contributed by atoms with E-state index in [0.29, 0.717) is 0 Å². The van der Waals surface area contributed by atoms with Crippen LogP contribution in [0.25, 0.3) is 11.3 Å². The number of benzene rings is 1. The summed E-state index contributed by atoms with van der Waals surface area (Å²) >= 11 is 0. The summed E-state index contributed by atoms with van der Waals surface area (Å²) in [6, 6.07) is 13.4. The van der Waals surface area contributed by atoms with Gasteiger partial charge in [0.15, 0.2) is 0 Å². The third-order valence-electron chi connectivity index (χ3n) is 7.00. The molecular formula is C25H35N3O. The highest BCUT2D eigenvalue weighted by Crippen LogP contribution is 2.46. The fraction of sp³-hybridized carbons (Fsp3) is 0.560. The van der Waals surface area contributed by atoms with E-state index in [-0.39, 0.29) is 17.4 Å².